The van der Waals surface area contributed by atoms with Crippen LogP contribution in [0.2, 0.25) is 0 Å². The minimum atomic E-state index is -0.254. The quantitative estimate of drug-likeness (QED) is 0.376. The first-order valence-corrected chi connectivity index (χ1v) is 12.9. The molecule has 4 rings (SSSR count). The SMILES string of the molecule is COC(=O)CCN1CCC(N(Cc2ccc(F)cc2)c2n[nH]c(-c3ccc(OCC(C)C)cc3)n2)CC1. The monoisotopic (exact) mass is 509 g/mol. The third-order valence-corrected chi connectivity index (χ3v) is 6.57. The number of piperidine rings is 1. The van der Waals surface area contributed by atoms with Crippen molar-refractivity contribution in [3.8, 4) is 17.1 Å². The Labute approximate surface area is 217 Å². The number of ether oxygens (including phenoxy) is 2. The Morgan fingerprint density at radius 1 is 1.14 bits per heavy atom. The van der Waals surface area contributed by atoms with Gasteiger partial charge in [-0.1, -0.05) is 26.0 Å². The highest BCUT2D eigenvalue weighted by Crippen LogP contribution is 2.26. The summed E-state index contributed by atoms with van der Waals surface area (Å²) in [5.41, 5.74) is 1.92. The summed E-state index contributed by atoms with van der Waals surface area (Å²) in [6, 6.07) is 14.6. The third kappa shape index (κ3) is 7.52. The summed E-state index contributed by atoms with van der Waals surface area (Å²) >= 11 is 0. The molecule has 2 heterocycles. The second kappa shape index (κ2) is 12.7. The van der Waals surface area contributed by atoms with Crippen LogP contribution in [0.4, 0.5) is 10.3 Å². The Morgan fingerprint density at radius 2 is 1.84 bits per heavy atom. The van der Waals surface area contributed by atoms with Gasteiger partial charge in [-0.3, -0.25) is 9.89 Å². The van der Waals surface area contributed by atoms with Crippen molar-refractivity contribution in [2.75, 3.05) is 38.3 Å². The van der Waals surface area contributed by atoms with Gasteiger partial charge >= 0.3 is 5.97 Å². The standard InChI is InChI=1S/C28H36FN5O3/c1-20(2)19-37-25-10-6-22(7-11-25)27-30-28(32-31-27)34(18-21-4-8-23(29)9-5-21)24-12-15-33(16-13-24)17-14-26(35)36-3/h4-11,20,24H,12-19H2,1-3H3,(H,30,31,32). The summed E-state index contributed by atoms with van der Waals surface area (Å²) in [5, 5.41) is 7.65. The van der Waals surface area contributed by atoms with E-state index < -0.39 is 0 Å². The Hall–Kier alpha value is -3.46. The van der Waals surface area contributed by atoms with Crippen LogP contribution < -0.4 is 9.64 Å². The molecule has 1 aliphatic heterocycles. The van der Waals surface area contributed by atoms with E-state index in [0.29, 0.717) is 43.8 Å². The number of anilines is 1. The summed E-state index contributed by atoms with van der Waals surface area (Å²) in [6.07, 6.45) is 2.22. The van der Waals surface area contributed by atoms with Crippen LogP contribution in [0.25, 0.3) is 11.4 Å². The van der Waals surface area contributed by atoms with Crippen LogP contribution in [0.15, 0.2) is 48.5 Å². The topological polar surface area (TPSA) is 83.6 Å². The van der Waals surface area contributed by atoms with Gasteiger partial charge in [-0.2, -0.15) is 4.98 Å². The van der Waals surface area contributed by atoms with Crippen LogP contribution in [0.3, 0.4) is 0 Å². The number of likely N-dealkylation sites (tertiary alicyclic amines) is 1. The maximum Gasteiger partial charge on any atom is 0.306 e. The lowest BCUT2D eigenvalue weighted by Gasteiger charge is -2.38. The van der Waals surface area contributed by atoms with Crippen LogP contribution in [0.5, 0.6) is 5.75 Å². The third-order valence-electron chi connectivity index (χ3n) is 6.57. The number of benzene rings is 2. The molecule has 1 fully saturated rings. The summed E-state index contributed by atoms with van der Waals surface area (Å²) in [5.74, 6) is 2.15. The molecule has 0 spiro atoms. The average molecular weight is 510 g/mol. The summed E-state index contributed by atoms with van der Waals surface area (Å²) < 4.78 is 24.1. The van der Waals surface area contributed by atoms with E-state index in [4.69, 9.17) is 14.5 Å². The zero-order valence-electron chi connectivity index (χ0n) is 21.8. The predicted octanol–water partition coefficient (Wildman–Crippen LogP) is 4.68. The van der Waals surface area contributed by atoms with Gasteiger partial charge in [-0.25, -0.2) is 4.39 Å². The molecule has 0 bridgehead atoms. The average Bonchev–Trinajstić information content (AvgIpc) is 3.41. The van der Waals surface area contributed by atoms with E-state index in [1.54, 1.807) is 12.1 Å². The summed E-state index contributed by atoms with van der Waals surface area (Å²) in [6.45, 7) is 7.92. The molecule has 9 heteroatoms. The van der Waals surface area contributed by atoms with Crippen molar-refractivity contribution in [1.29, 1.82) is 0 Å². The maximum atomic E-state index is 13.5. The van der Waals surface area contributed by atoms with E-state index in [0.717, 1.165) is 42.8 Å². The van der Waals surface area contributed by atoms with Crippen LogP contribution in [-0.4, -0.2) is 65.4 Å². The molecule has 2 aromatic carbocycles. The largest absolute Gasteiger partial charge is 0.493 e. The van der Waals surface area contributed by atoms with Gasteiger partial charge in [0.1, 0.15) is 11.6 Å². The van der Waals surface area contributed by atoms with Gasteiger partial charge in [-0.15, -0.1) is 5.10 Å². The van der Waals surface area contributed by atoms with E-state index in [2.05, 4.69) is 33.8 Å². The van der Waals surface area contributed by atoms with Gasteiger partial charge in [0, 0.05) is 37.8 Å². The predicted molar refractivity (Wildman–Crippen MR) is 141 cm³/mol. The molecule has 8 nitrogen and oxygen atoms in total. The molecule has 3 aromatic rings. The first-order chi connectivity index (χ1) is 17.9. The van der Waals surface area contributed by atoms with Crippen molar-refractivity contribution in [2.24, 2.45) is 5.92 Å². The van der Waals surface area contributed by atoms with Crippen LogP contribution in [0, 0.1) is 11.7 Å². The molecule has 0 saturated carbocycles. The fourth-order valence-electron chi connectivity index (χ4n) is 4.44. The van der Waals surface area contributed by atoms with Gasteiger partial charge in [0.2, 0.25) is 5.95 Å². The lowest BCUT2D eigenvalue weighted by molar-refractivity contribution is -0.141. The van der Waals surface area contributed by atoms with Gasteiger partial charge < -0.3 is 19.3 Å². The molecule has 37 heavy (non-hydrogen) atoms. The fraction of sp³-hybridized carbons (Fsp3) is 0.464. The Balaban J connectivity index is 1.47. The van der Waals surface area contributed by atoms with E-state index in [9.17, 15) is 9.18 Å². The Kier molecular flexibility index (Phi) is 9.11. The molecule has 1 aromatic heterocycles. The minimum Gasteiger partial charge on any atom is -0.493 e. The molecular formula is C28H36FN5O3. The minimum absolute atomic E-state index is 0.187. The molecule has 198 valence electrons. The molecule has 1 N–H and O–H groups in total. The number of carbonyl (C=O) groups excluding carboxylic acids is 1. The number of carbonyl (C=O) groups is 1. The smallest absolute Gasteiger partial charge is 0.306 e. The van der Waals surface area contributed by atoms with Crippen molar-refractivity contribution in [3.05, 3.63) is 59.9 Å². The van der Waals surface area contributed by atoms with Crippen molar-refractivity contribution >= 4 is 11.9 Å². The van der Waals surface area contributed by atoms with Crippen LogP contribution >= 0.6 is 0 Å². The molecule has 1 saturated heterocycles. The van der Waals surface area contributed by atoms with Gasteiger partial charge in [0.15, 0.2) is 5.82 Å². The number of nitrogens with one attached hydrogen (secondary N) is 1. The molecule has 0 unspecified atom stereocenters. The van der Waals surface area contributed by atoms with Crippen molar-refractivity contribution in [3.63, 3.8) is 0 Å². The van der Waals surface area contributed by atoms with Gasteiger partial charge in [0.05, 0.1) is 20.1 Å². The highest BCUT2D eigenvalue weighted by molar-refractivity contribution is 5.69. The zero-order chi connectivity index (χ0) is 26.2. The van der Waals surface area contributed by atoms with Crippen molar-refractivity contribution < 1.29 is 18.7 Å². The maximum absolute atomic E-state index is 13.5. The van der Waals surface area contributed by atoms with Crippen molar-refractivity contribution in [1.82, 2.24) is 20.1 Å². The second-order valence-electron chi connectivity index (χ2n) is 9.87. The number of esters is 1. The number of hydrogen-bond acceptors (Lipinski definition) is 7. The number of hydrogen-bond donors (Lipinski definition) is 1. The number of halogens is 1. The molecule has 0 amide bonds. The highest BCUT2D eigenvalue weighted by Gasteiger charge is 2.28. The highest BCUT2D eigenvalue weighted by atomic mass is 19.1. The van der Waals surface area contributed by atoms with Gasteiger partial charge in [-0.05, 0) is 60.7 Å². The van der Waals surface area contributed by atoms with E-state index in [1.165, 1.54) is 19.2 Å². The summed E-state index contributed by atoms with van der Waals surface area (Å²) in [4.78, 5) is 20.8. The first-order valence-electron chi connectivity index (χ1n) is 12.9. The molecule has 0 radical (unpaired) electrons. The number of methoxy groups -OCH3 is 1. The lowest BCUT2D eigenvalue weighted by Crippen LogP contribution is -2.45. The summed E-state index contributed by atoms with van der Waals surface area (Å²) in [7, 11) is 1.42. The van der Waals surface area contributed by atoms with Crippen LogP contribution in [-0.2, 0) is 16.1 Å². The number of rotatable bonds is 11. The molecule has 0 aliphatic carbocycles. The fourth-order valence-corrected chi connectivity index (χ4v) is 4.44. The molecular weight excluding hydrogens is 473 g/mol. The molecule has 1 aliphatic rings. The van der Waals surface area contributed by atoms with Crippen LogP contribution in [0.1, 0.15) is 38.7 Å². The number of nitrogens with zero attached hydrogens (tertiary/aromatic N) is 4. The second-order valence-corrected chi connectivity index (χ2v) is 9.87. The Bertz CT molecular complexity index is 1130. The lowest BCUT2D eigenvalue weighted by atomic mass is 10.0. The molecule has 0 atom stereocenters. The van der Waals surface area contributed by atoms with Crippen molar-refractivity contribution in [2.45, 2.75) is 45.7 Å². The van der Waals surface area contributed by atoms with Gasteiger partial charge in [0.25, 0.3) is 0 Å². The normalized spacial score (nSPS) is 14.6. The number of aromatic amines is 1. The first kappa shape index (κ1) is 26.6. The zero-order valence-corrected chi connectivity index (χ0v) is 21.8. The van der Waals surface area contributed by atoms with E-state index in [-0.39, 0.29) is 17.8 Å². The van der Waals surface area contributed by atoms with E-state index >= 15 is 0 Å². The number of H-pyrrole nitrogens is 1. The number of aromatic nitrogens is 3. The van der Waals surface area contributed by atoms with E-state index in [1.807, 2.05) is 24.3 Å². The Morgan fingerprint density at radius 3 is 2.49 bits per heavy atom.